The van der Waals surface area contributed by atoms with E-state index in [1.54, 1.807) is 33.3 Å². The number of halogens is 1. The molecule has 1 saturated heterocycles. The molecular formula is C27H29FN2O3S. The Morgan fingerprint density at radius 1 is 0.912 bits per heavy atom. The summed E-state index contributed by atoms with van der Waals surface area (Å²) in [5, 5.41) is 1.98. The summed E-state index contributed by atoms with van der Waals surface area (Å²) in [6, 6.07) is 19.7. The topological polar surface area (TPSA) is 49.9 Å². The van der Waals surface area contributed by atoms with Crippen LogP contribution in [0.1, 0.15) is 28.8 Å². The highest BCUT2D eigenvalue weighted by atomic mass is 32.1. The van der Waals surface area contributed by atoms with Gasteiger partial charge >= 0.3 is 0 Å². The summed E-state index contributed by atoms with van der Waals surface area (Å²) in [7, 11) is 0. The van der Waals surface area contributed by atoms with Gasteiger partial charge in [-0.1, -0.05) is 48.5 Å². The summed E-state index contributed by atoms with van der Waals surface area (Å²) in [5.74, 6) is -0.542. The van der Waals surface area contributed by atoms with Crippen LogP contribution in [0.5, 0.6) is 0 Å². The molecule has 3 aromatic rings. The summed E-state index contributed by atoms with van der Waals surface area (Å²) < 4.78 is 19.2. The number of nitrogens with zero attached hydrogens (tertiary/aromatic N) is 2. The zero-order valence-corrected chi connectivity index (χ0v) is 19.9. The average molecular weight is 481 g/mol. The van der Waals surface area contributed by atoms with Crippen LogP contribution >= 0.6 is 11.3 Å². The van der Waals surface area contributed by atoms with Crippen LogP contribution in [0.4, 0.5) is 4.39 Å². The van der Waals surface area contributed by atoms with Gasteiger partial charge in [0.15, 0.2) is 0 Å². The first kappa shape index (κ1) is 24.1. The second-order valence-corrected chi connectivity index (χ2v) is 9.56. The van der Waals surface area contributed by atoms with Crippen LogP contribution in [-0.4, -0.2) is 47.4 Å². The number of carbonyl (C=O) groups excluding carboxylic acids is 2. The van der Waals surface area contributed by atoms with Gasteiger partial charge in [0.1, 0.15) is 5.82 Å². The lowest BCUT2D eigenvalue weighted by molar-refractivity contribution is -0.142. The van der Waals surface area contributed by atoms with Crippen molar-refractivity contribution in [3.63, 3.8) is 0 Å². The van der Waals surface area contributed by atoms with Gasteiger partial charge in [-0.3, -0.25) is 9.59 Å². The van der Waals surface area contributed by atoms with Gasteiger partial charge in [0.05, 0.1) is 25.6 Å². The summed E-state index contributed by atoms with van der Waals surface area (Å²) in [6.07, 6.45) is 2.05. The highest BCUT2D eigenvalue weighted by molar-refractivity contribution is 7.09. The molecule has 5 nitrogen and oxygen atoms in total. The normalized spacial score (nSPS) is 15.3. The number of amides is 2. The van der Waals surface area contributed by atoms with E-state index in [1.165, 1.54) is 12.1 Å². The molecule has 0 saturated carbocycles. The van der Waals surface area contributed by atoms with Crippen LogP contribution in [-0.2, 0) is 33.8 Å². The third-order valence-electron chi connectivity index (χ3n) is 5.89. The van der Waals surface area contributed by atoms with Gasteiger partial charge in [-0.25, -0.2) is 4.39 Å². The molecule has 1 fully saturated rings. The average Bonchev–Trinajstić information content (AvgIpc) is 3.55. The quantitative estimate of drug-likeness (QED) is 0.424. The maximum atomic E-state index is 13.5. The molecule has 0 radical (unpaired) electrons. The van der Waals surface area contributed by atoms with Crippen molar-refractivity contribution in [2.75, 3.05) is 19.7 Å². The van der Waals surface area contributed by atoms with Crippen LogP contribution in [0, 0.1) is 5.82 Å². The molecule has 34 heavy (non-hydrogen) atoms. The van der Waals surface area contributed by atoms with Crippen LogP contribution in [0.25, 0.3) is 0 Å². The molecule has 178 valence electrons. The molecule has 1 aliphatic heterocycles. The molecule has 0 bridgehead atoms. The Bertz CT molecular complexity index is 1050. The van der Waals surface area contributed by atoms with E-state index in [1.807, 2.05) is 47.8 Å². The largest absolute Gasteiger partial charge is 0.376 e. The zero-order chi connectivity index (χ0) is 23.8. The molecule has 0 aliphatic carbocycles. The molecule has 1 atom stereocenters. The lowest BCUT2D eigenvalue weighted by Crippen LogP contribution is -2.45. The first-order chi connectivity index (χ1) is 16.6. The lowest BCUT2D eigenvalue weighted by Gasteiger charge is -2.29. The fourth-order valence-electron chi connectivity index (χ4n) is 4.07. The molecule has 1 aromatic heterocycles. The van der Waals surface area contributed by atoms with Gasteiger partial charge < -0.3 is 14.5 Å². The van der Waals surface area contributed by atoms with Gasteiger partial charge in [-0.05, 0) is 47.5 Å². The van der Waals surface area contributed by atoms with Crippen molar-refractivity contribution < 1.29 is 18.7 Å². The van der Waals surface area contributed by atoms with Crippen molar-refractivity contribution in [2.24, 2.45) is 0 Å². The van der Waals surface area contributed by atoms with Crippen molar-refractivity contribution in [1.82, 2.24) is 9.80 Å². The second-order valence-electron chi connectivity index (χ2n) is 8.53. The Kier molecular flexibility index (Phi) is 8.44. The number of carbonyl (C=O) groups is 2. The molecule has 7 heteroatoms. The van der Waals surface area contributed by atoms with Gasteiger partial charge in [0, 0.05) is 24.6 Å². The number of hydrogen-bond acceptors (Lipinski definition) is 4. The van der Waals surface area contributed by atoms with Crippen molar-refractivity contribution in [3.05, 3.63) is 93.9 Å². The first-order valence-electron chi connectivity index (χ1n) is 11.5. The Morgan fingerprint density at radius 2 is 1.71 bits per heavy atom. The number of hydrogen-bond donors (Lipinski definition) is 0. The van der Waals surface area contributed by atoms with E-state index >= 15 is 0 Å². The third kappa shape index (κ3) is 6.98. The molecule has 2 aromatic carbocycles. The minimum atomic E-state index is -0.311. The summed E-state index contributed by atoms with van der Waals surface area (Å²) in [6.45, 7) is 1.86. The SMILES string of the molecule is O=C(CN(CC1CCCO1)C(=O)Cc1ccccc1)N(Cc1ccc(F)cc1)Cc1cccs1. The Labute approximate surface area is 203 Å². The number of benzene rings is 2. The van der Waals surface area contributed by atoms with Crippen LogP contribution < -0.4 is 0 Å². The zero-order valence-electron chi connectivity index (χ0n) is 19.1. The molecule has 2 amide bonds. The minimum absolute atomic E-state index is 0.0158. The summed E-state index contributed by atoms with van der Waals surface area (Å²) >= 11 is 1.58. The smallest absolute Gasteiger partial charge is 0.242 e. The molecule has 1 aliphatic rings. The van der Waals surface area contributed by atoms with Crippen LogP contribution in [0.2, 0.25) is 0 Å². The van der Waals surface area contributed by atoms with Gasteiger partial charge in [0.25, 0.3) is 0 Å². The minimum Gasteiger partial charge on any atom is -0.376 e. The number of ether oxygens (including phenoxy) is 1. The van der Waals surface area contributed by atoms with Crippen LogP contribution in [0.3, 0.4) is 0 Å². The molecule has 0 spiro atoms. The van der Waals surface area contributed by atoms with Crippen molar-refractivity contribution in [2.45, 2.75) is 38.5 Å². The van der Waals surface area contributed by atoms with Gasteiger partial charge in [0.2, 0.25) is 11.8 Å². The van der Waals surface area contributed by atoms with E-state index in [-0.39, 0.29) is 36.7 Å². The summed E-state index contributed by atoms with van der Waals surface area (Å²) in [5.41, 5.74) is 1.76. The third-order valence-corrected chi connectivity index (χ3v) is 6.75. The van der Waals surface area contributed by atoms with Crippen molar-refractivity contribution in [1.29, 1.82) is 0 Å². The maximum absolute atomic E-state index is 13.5. The Morgan fingerprint density at radius 3 is 2.38 bits per heavy atom. The standard InChI is InChI=1S/C27H29FN2O3S/c28-23-12-10-22(11-13-23)17-29(19-25-9-5-15-34-25)27(32)20-30(18-24-8-4-14-33-24)26(31)16-21-6-2-1-3-7-21/h1-3,5-7,9-13,15,24H,4,8,14,16-20H2. The fraction of sp³-hybridized carbons (Fsp3) is 0.333. The highest BCUT2D eigenvalue weighted by Crippen LogP contribution is 2.18. The lowest BCUT2D eigenvalue weighted by atomic mass is 10.1. The van der Waals surface area contributed by atoms with E-state index < -0.39 is 0 Å². The van der Waals surface area contributed by atoms with Gasteiger partial charge in [-0.2, -0.15) is 0 Å². The van der Waals surface area contributed by atoms with Crippen molar-refractivity contribution >= 4 is 23.2 Å². The van der Waals surface area contributed by atoms with Crippen LogP contribution in [0.15, 0.2) is 72.1 Å². The number of rotatable bonds is 10. The molecule has 4 rings (SSSR count). The highest BCUT2D eigenvalue weighted by Gasteiger charge is 2.26. The Balaban J connectivity index is 1.50. The van der Waals surface area contributed by atoms with E-state index in [9.17, 15) is 14.0 Å². The molecule has 0 N–H and O–H groups in total. The molecule has 1 unspecified atom stereocenters. The first-order valence-corrected chi connectivity index (χ1v) is 12.4. The van der Waals surface area contributed by atoms with E-state index in [0.717, 1.165) is 28.8 Å². The fourth-order valence-corrected chi connectivity index (χ4v) is 4.79. The maximum Gasteiger partial charge on any atom is 0.242 e. The summed E-state index contributed by atoms with van der Waals surface area (Å²) in [4.78, 5) is 31.2. The molecule has 2 heterocycles. The molecular weight excluding hydrogens is 451 g/mol. The van der Waals surface area contributed by atoms with Crippen molar-refractivity contribution in [3.8, 4) is 0 Å². The Hall–Kier alpha value is -3.03. The van der Waals surface area contributed by atoms with Gasteiger partial charge in [-0.15, -0.1) is 11.3 Å². The second kappa shape index (κ2) is 11.9. The predicted octanol–water partition coefficient (Wildman–Crippen LogP) is 4.67. The monoisotopic (exact) mass is 480 g/mol. The predicted molar refractivity (Wildman–Crippen MR) is 131 cm³/mol. The van der Waals surface area contributed by atoms with E-state index in [0.29, 0.717) is 26.2 Å². The van der Waals surface area contributed by atoms with E-state index in [4.69, 9.17) is 4.74 Å². The van der Waals surface area contributed by atoms with E-state index in [2.05, 4.69) is 0 Å². The number of thiophene rings is 1.